The van der Waals surface area contributed by atoms with Crippen molar-refractivity contribution in [2.75, 3.05) is 6.26 Å². The molecule has 2 rings (SSSR count). The van der Waals surface area contributed by atoms with Crippen LogP contribution in [0.15, 0.2) is 64.4 Å². The molecular formula is C17H18O3S2. The van der Waals surface area contributed by atoms with Gasteiger partial charge in [-0.15, -0.1) is 11.8 Å². The Morgan fingerprint density at radius 2 is 1.50 bits per heavy atom. The molecule has 0 bridgehead atoms. The van der Waals surface area contributed by atoms with Gasteiger partial charge in [0, 0.05) is 10.5 Å². The quantitative estimate of drug-likeness (QED) is 0.616. The number of carbonyl (C=O) groups is 1. The van der Waals surface area contributed by atoms with Gasteiger partial charge in [0.15, 0.2) is 15.6 Å². The largest absolute Gasteiger partial charge is 0.292 e. The highest BCUT2D eigenvalue weighted by Gasteiger charge is 2.42. The highest BCUT2D eigenvalue weighted by Crippen LogP contribution is 2.29. The number of thioether (sulfide) groups is 1. The average Bonchev–Trinajstić information content (AvgIpc) is 2.54. The molecule has 0 spiro atoms. The van der Waals surface area contributed by atoms with Crippen molar-refractivity contribution in [2.24, 2.45) is 0 Å². The zero-order valence-electron chi connectivity index (χ0n) is 12.7. The van der Waals surface area contributed by atoms with E-state index in [1.807, 2.05) is 18.4 Å². The van der Waals surface area contributed by atoms with Gasteiger partial charge in [0.2, 0.25) is 0 Å². The minimum atomic E-state index is -3.76. The summed E-state index contributed by atoms with van der Waals surface area (Å²) < 4.78 is 24.0. The van der Waals surface area contributed by atoms with Crippen LogP contribution < -0.4 is 0 Å². The molecule has 0 atom stereocenters. The number of Topliss-reactive ketones (excluding diaryl/α,β-unsaturated/α-hetero) is 1. The molecule has 3 nitrogen and oxygen atoms in total. The molecule has 0 aromatic heterocycles. The number of carbonyl (C=O) groups excluding carboxylic acids is 1. The lowest BCUT2D eigenvalue weighted by Crippen LogP contribution is -2.40. The number of benzene rings is 2. The van der Waals surface area contributed by atoms with E-state index in [2.05, 4.69) is 0 Å². The van der Waals surface area contributed by atoms with Gasteiger partial charge in [0.1, 0.15) is 4.75 Å². The number of hydrogen-bond acceptors (Lipinski definition) is 4. The lowest BCUT2D eigenvalue weighted by atomic mass is 10.0. The predicted molar refractivity (Wildman–Crippen MR) is 90.3 cm³/mol. The van der Waals surface area contributed by atoms with E-state index >= 15 is 0 Å². The van der Waals surface area contributed by atoms with E-state index in [0.29, 0.717) is 5.56 Å². The number of sulfone groups is 1. The Hall–Kier alpha value is -1.59. The maximum absolute atomic E-state index is 12.8. The molecule has 0 aliphatic rings. The maximum atomic E-state index is 12.8. The molecule has 0 saturated heterocycles. The molecule has 0 radical (unpaired) electrons. The summed E-state index contributed by atoms with van der Waals surface area (Å²) in [7, 11) is -3.76. The Balaban J connectivity index is 2.42. The van der Waals surface area contributed by atoms with Crippen molar-refractivity contribution < 1.29 is 13.2 Å². The molecule has 22 heavy (non-hydrogen) atoms. The van der Waals surface area contributed by atoms with Gasteiger partial charge < -0.3 is 0 Å². The fraction of sp³-hybridized carbons (Fsp3) is 0.235. The summed E-state index contributed by atoms with van der Waals surface area (Å²) in [5, 5.41) is 0. The molecule has 0 unspecified atom stereocenters. The van der Waals surface area contributed by atoms with Crippen LogP contribution in [0.1, 0.15) is 24.2 Å². The average molecular weight is 334 g/mol. The number of hydrogen-bond donors (Lipinski definition) is 0. The zero-order chi connectivity index (χ0) is 16.4. The van der Waals surface area contributed by atoms with Crippen LogP contribution in [0.2, 0.25) is 0 Å². The fourth-order valence-electron chi connectivity index (χ4n) is 2.11. The van der Waals surface area contributed by atoms with Crippen LogP contribution in [-0.2, 0) is 9.84 Å². The third-order valence-corrected chi connectivity index (χ3v) is 6.79. The Kier molecular flexibility index (Phi) is 4.78. The summed E-state index contributed by atoms with van der Waals surface area (Å²) in [6.45, 7) is 2.92. The molecular weight excluding hydrogens is 316 g/mol. The Labute approximate surface area is 135 Å². The number of ketones is 1. The predicted octanol–water partition coefficient (Wildman–Crippen LogP) is 3.84. The van der Waals surface area contributed by atoms with E-state index in [9.17, 15) is 13.2 Å². The van der Waals surface area contributed by atoms with Crippen molar-refractivity contribution in [3.05, 3.63) is 60.2 Å². The van der Waals surface area contributed by atoms with Gasteiger partial charge in [0.05, 0.1) is 4.90 Å². The molecule has 0 amide bonds. The van der Waals surface area contributed by atoms with Gasteiger partial charge in [-0.1, -0.05) is 30.3 Å². The molecule has 0 fully saturated rings. The van der Waals surface area contributed by atoms with Crippen LogP contribution in [0.25, 0.3) is 0 Å². The number of rotatable bonds is 5. The van der Waals surface area contributed by atoms with Crippen molar-refractivity contribution in [3.8, 4) is 0 Å². The molecule has 5 heteroatoms. The van der Waals surface area contributed by atoms with Gasteiger partial charge in [-0.05, 0) is 44.4 Å². The highest BCUT2D eigenvalue weighted by atomic mass is 32.2. The summed E-state index contributed by atoms with van der Waals surface area (Å²) >= 11 is 1.57. The Bertz CT molecular complexity index is 761. The minimum Gasteiger partial charge on any atom is -0.292 e. The smallest absolute Gasteiger partial charge is 0.190 e. The minimum absolute atomic E-state index is 0.161. The molecule has 0 saturated carbocycles. The van der Waals surface area contributed by atoms with Crippen LogP contribution in [0, 0.1) is 0 Å². The topological polar surface area (TPSA) is 51.2 Å². The monoisotopic (exact) mass is 334 g/mol. The van der Waals surface area contributed by atoms with Crippen molar-refractivity contribution in [1.82, 2.24) is 0 Å². The van der Waals surface area contributed by atoms with Crippen molar-refractivity contribution in [3.63, 3.8) is 0 Å². The van der Waals surface area contributed by atoms with Crippen molar-refractivity contribution in [2.45, 2.75) is 28.4 Å². The van der Waals surface area contributed by atoms with Gasteiger partial charge in [0.25, 0.3) is 0 Å². The van der Waals surface area contributed by atoms with E-state index in [0.717, 1.165) is 4.90 Å². The van der Waals surface area contributed by atoms with Crippen LogP contribution >= 0.6 is 11.8 Å². The fourth-order valence-corrected chi connectivity index (χ4v) is 3.98. The molecule has 0 heterocycles. The summed E-state index contributed by atoms with van der Waals surface area (Å²) in [6, 6.07) is 15.1. The van der Waals surface area contributed by atoms with E-state index in [-0.39, 0.29) is 4.90 Å². The second kappa shape index (κ2) is 6.26. The maximum Gasteiger partial charge on any atom is 0.190 e. The summed E-state index contributed by atoms with van der Waals surface area (Å²) in [4.78, 5) is 13.9. The lowest BCUT2D eigenvalue weighted by Gasteiger charge is -2.23. The van der Waals surface area contributed by atoms with Crippen LogP contribution in [0.4, 0.5) is 0 Å². The van der Waals surface area contributed by atoms with Crippen LogP contribution in [0.5, 0.6) is 0 Å². The van der Waals surface area contributed by atoms with E-state index in [4.69, 9.17) is 0 Å². The van der Waals surface area contributed by atoms with Crippen molar-refractivity contribution in [1.29, 1.82) is 0 Å². The normalized spacial score (nSPS) is 12.1. The Morgan fingerprint density at radius 3 is 2.00 bits per heavy atom. The SMILES string of the molecule is CSc1ccc(C(=O)C(C)(C)S(=O)(=O)c2ccccc2)cc1. The van der Waals surface area contributed by atoms with Crippen LogP contribution in [0.3, 0.4) is 0 Å². The first kappa shape index (κ1) is 16.8. The van der Waals surface area contributed by atoms with Crippen LogP contribution in [-0.4, -0.2) is 25.2 Å². The second-order valence-corrected chi connectivity index (χ2v) is 8.76. The van der Waals surface area contributed by atoms with Gasteiger partial charge in [-0.3, -0.25) is 4.79 Å². The first-order chi connectivity index (χ1) is 10.3. The molecule has 2 aromatic rings. The summed E-state index contributed by atoms with van der Waals surface area (Å²) in [5.74, 6) is -0.399. The third-order valence-electron chi connectivity index (χ3n) is 3.62. The van der Waals surface area contributed by atoms with Gasteiger partial charge in [-0.25, -0.2) is 8.42 Å². The molecule has 0 N–H and O–H groups in total. The standard InChI is InChI=1S/C17H18O3S2/c1-17(2,22(19,20)15-7-5-4-6-8-15)16(18)13-9-11-14(21-3)12-10-13/h4-12H,1-3H3. The second-order valence-electron chi connectivity index (χ2n) is 5.38. The lowest BCUT2D eigenvalue weighted by molar-refractivity contribution is 0.0953. The zero-order valence-corrected chi connectivity index (χ0v) is 14.4. The first-order valence-electron chi connectivity index (χ1n) is 6.79. The van der Waals surface area contributed by atoms with Gasteiger partial charge >= 0.3 is 0 Å². The highest BCUT2D eigenvalue weighted by molar-refractivity contribution is 7.98. The summed E-state index contributed by atoms with van der Waals surface area (Å²) in [6.07, 6.45) is 1.95. The van der Waals surface area contributed by atoms with E-state index in [1.165, 1.54) is 26.0 Å². The van der Waals surface area contributed by atoms with Crippen molar-refractivity contribution >= 4 is 27.4 Å². The summed E-state index contributed by atoms with van der Waals surface area (Å²) in [5.41, 5.74) is 0.405. The molecule has 0 aliphatic carbocycles. The molecule has 116 valence electrons. The van der Waals surface area contributed by atoms with E-state index in [1.54, 1.807) is 42.1 Å². The molecule has 0 aliphatic heterocycles. The third kappa shape index (κ3) is 2.96. The first-order valence-corrected chi connectivity index (χ1v) is 9.50. The molecule has 2 aromatic carbocycles. The van der Waals surface area contributed by atoms with E-state index < -0.39 is 20.4 Å². The van der Waals surface area contributed by atoms with Gasteiger partial charge in [-0.2, -0.15) is 0 Å². The Morgan fingerprint density at radius 1 is 0.955 bits per heavy atom.